The topological polar surface area (TPSA) is 55.8 Å². The van der Waals surface area contributed by atoms with Crippen LogP contribution in [0.3, 0.4) is 0 Å². The number of carbonyl (C=O) groups excluding carboxylic acids is 1. The Morgan fingerprint density at radius 1 is 1.17 bits per heavy atom. The van der Waals surface area contributed by atoms with E-state index >= 15 is 0 Å². The van der Waals surface area contributed by atoms with Crippen molar-refractivity contribution in [2.24, 2.45) is 0 Å². The predicted octanol–water partition coefficient (Wildman–Crippen LogP) is 4.45. The van der Waals surface area contributed by atoms with Gasteiger partial charge in [0.25, 0.3) is 0 Å². The lowest BCUT2D eigenvalue weighted by atomic mass is 9.82. The van der Waals surface area contributed by atoms with Gasteiger partial charge in [-0.25, -0.2) is 4.79 Å². The number of phenolic OH excluding ortho intramolecular Hbond substituents is 1. The van der Waals surface area contributed by atoms with E-state index in [0.29, 0.717) is 11.1 Å². The number of carbonyl (C=O) groups is 1. The fourth-order valence-electron chi connectivity index (χ4n) is 2.37. The van der Waals surface area contributed by atoms with Gasteiger partial charge in [0.15, 0.2) is 0 Å². The zero-order valence-corrected chi connectivity index (χ0v) is 14.6. The minimum absolute atomic E-state index is 0.0115. The van der Waals surface area contributed by atoms with Gasteiger partial charge >= 0.3 is 5.97 Å². The fourth-order valence-corrected chi connectivity index (χ4v) is 2.37. The number of methoxy groups -OCH3 is 1. The lowest BCUT2D eigenvalue weighted by Crippen LogP contribution is -2.15. The number of esters is 1. The maximum atomic E-state index is 11.6. The molecule has 0 amide bonds. The van der Waals surface area contributed by atoms with E-state index in [2.05, 4.69) is 31.6 Å². The van der Waals surface area contributed by atoms with Gasteiger partial charge in [0.05, 0.1) is 12.7 Å². The number of hydrogen-bond acceptors (Lipinski definition) is 4. The summed E-state index contributed by atoms with van der Waals surface area (Å²) in [7, 11) is 1.31. The highest BCUT2D eigenvalue weighted by Gasteiger charge is 2.18. The zero-order valence-electron chi connectivity index (χ0n) is 14.6. The number of ether oxygens (including phenoxy) is 2. The molecule has 0 saturated carbocycles. The van der Waals surface area contributed by atoms with Crippen LogP contribution in [0.4, 0.5) is 0 Å². The monoisotopic (exact) mass is 328 g/mol. The summed E-state index contributed by atoms with van der Waals surface area (Å²) in [5, 5.41) is 9.75. The molecule has 24 heavy (non-hydrogen) atoms. The molecule has 0 heterocycles. The molecule has 0 saturated heterocycles. The van der Waals surface area contributed by atoms with Crippen molar-refractivity contribution in [3.05, 3.63) is 59.2 Å². The van der Waals surface area contributed by atoms with Crippen LogP contribution in [0.15, 0.2) is 42.5 Å². The van der Waals surface area contributed by atoms with Gasteiger partial charge in [-0.2, -0.15) is 0 Å². The van der Waals surface area contributed by atoms with Gasteiger partial charge in [-0.1, -0.05) is 32.9 Å². The van der Waals surface area contributed by atoms with Crippen molar-refractivity contribution in [3.63, 3.8) is 0 Å². The predicted molar refractivity (Wildman–Crippen MR) is 93.5 cm³/mol. The van der Waals surface area contributed by atoms with E-state index < -0.39 is 5.97 Å². The highest BCUT2D eigenvalue weighted by atomic mass is 16.5. The highest BCUT2D eigenvalue weighted by molar-refractivity contribution is 5.90. The van der Waals surface area contributed by atoms with Crippen molar-refractivity contribution < 1.29 is 19.4 Å². The number of benzene rings is 2. The highest BCUT2D eigenvalue weighted by Crippen LogP contribution is 2.29. The lowest BCUT2D eigenvalue weighted by molar-refractivity contribution is 0.0600. The van der Waals surface area contributed by atoms with E-state index in [0.717, 1.165) is 12.2 Å². The van der Waals surface area contributed by atoms with Crippen LogP contribution >= 0.6 is 0 Å². The minimum atomic E-state index is -0.487. The molecular weight excluding hydrogens is 304 g/mol. The third-order valence-electron chi connectivity index (χ3n) is 4.30. The Morgan fingerprint density at radius 3 is 2.58 bits per heavy atom. The van der Waals surface area contributed by atoms with Crippen LogP contribution < -0.4 is 4.74 Å². The molecule has 2 rings (SSSR count). The molecule has 2 aromatic carbocycles. The zero-order chi connectivity index (χ0) is 17.7. The molecule has 0 unspecified atom stereocenters. The molecule has 128 valence electrons. The van der Waals surface area contributed by atoms with Crippen LogP contribution in [0.5, 0.6) is 11.5 Å². The Labute approximate surface area is 143 Å². The van der Waals surface area contributed by atoms with E-state index in [1.54, 1.807) is 12.1 Å². The van der Waals surface area contributed by atoms with Gasteiger partial charge in [-0.15, -0.1) is 0 Å². The van der Waals surface area contributed by atoms with Crippen LogP contribution in [0.25, 0.3) is 0 Å². The number of phenols is 1. The van der Waals surface area contributed by atoms with Crippen LogP contribution in [0.1, 0.15) is 48.7 Å². The van der Waals surface area contributed by atoms with E-state index in [-0.39, 0.29) is 17.8 Å². The van der Waals surface area contributed by atoms with E-state index in [1.807, 2.05) is 18.2 Å². The average molecular weight is 328 g/mol. The Morgan fingerprint density at radius 2 is 1.92 bits per heavy atom. The molecule has 4 nitrogen and oxygen atoms in total. The molecule has 0 aliphatic rings. The first-order valence-corrected chi connectivity index (χ1v) is 8.00. The molecule has 0 radical (unpaired) electrons. The molecule has 2 aromatic rings. The van der Waals surface area contributed by atoms with E-state index in [9.17, 15) is 9.90 Å². The van der Waals surface area contributed by atoms with Gasteiger partial charge in [-0.3, -0.25) is 0 Å². The first kappa shape index (κ1) is 17.9. The average Bonchev–Trinajstić information content (AvgIpc) is 2.59. The number of aromatic hydroxyl groups is 1. The Hall–Kier alpha value is -2.49. The maximum absolute atomic E-state index is 11.6. The summed E-state index contributed by atoms with van der Waals surface area (Å²) in [6.07, 6.45) is 1.03. The molecule has 0 spiro atoms. The molecule has 0 atom stereocenters. The second kappa shape index (κ2) is 7.39. The van der Waals surface area contributed by atoms with Crippen molar-refractivity contribution in [1.29, 1.82) is 0 Å². The van der Waals surface area contributed by atoms with Crippen LogP contribution in [-0.2, 0) is 16.8 Å². The summed E-state index contributed by atoms with van der Waals surface area (Å²) in [5.74, 6) is 0.285. The van der Waals surface area contributed by atoms with Crippen molar-refractivity contribution in [3.8, 4) is 11.5 Å². The summed E-state index contributed by atoms with van der Waals surface area (Å²) in [5.41, 5.74) is 2.31. The standard InChI is InChI=1S/C20H24O4/c1-5-20(2,3)16-7-6-8-18(12-16)24-13-14-9-15(19(22)23-4)11-17(21)10-14/h6-12,21H,5,13H2,1-4H3. The Kier molecular flexibility index (Phi) is 5.50. The molecule has 0 aliphatic heterocycles. The van der Waals surface area contributed by atoms with Crippen molar-refractivity contribution in [2.75, 3.05) is 7.11 Å². The Bertz CT molecular complexity index is 719. The summed E-state index contributed by atoms with van der Waals surface area (Å²) in [6.45, 7) is 6.82. The maximum Gasteiger partial charge on any atom is 0.337 e. The Balaban J connectivity index is 2.15. The normalized spacial score (nSPS) is 11.2. The molecule has 0 aliphatic carbocycles. The molecule has 1 N–H and O–H groups in total. The van der Waals surface area contributed by atoms with Gasteiger partial charge in [0.2, 0.25) is 0 Å². The smallest absolute Gasteiger partial charge is 0.337 e. The van der Waals surface area contributed by atoms with Crippen LogP contribution in [-0.4, -0.2) is 18.2 Å². The first-order valence-electron chi connectivity index (χ1n) is 8.00. The molecule has 0 fully saturated rings. The molecular formula is C20H24O4. The number of hydrogen-bond donors (Lipinski definition) is 1. The van der Waals surface area contributed by atoms with Gasteiger partial charge in [-0.05, 0) is 53.3 Å². The largest absolute Gasteiger partial charge is 0.508 e. The van der Waals surface area contributed by atoms with Crippen LogP contribution in [0, 0.1) is 0 Å². The van der Waals surface area contributed by atoms with Gasteiger partial charge in [0.1, 0.15) is 18.1 Å². The fraction of sp³-hybridized carbons (Fsp3) is 0.350. The van der Waals surface area contributed by atoms with E-state index in [1.165, 1.54) is 18.7 Å². The summed E-state index contributed by atoms with van der Waals surface area (Å²) in [6, 6.07) is 12.6. The van der Waals surface area contributed by atoms with Gasteiger partial charge < -0.3 is 14.6 Å². The first-order chi connectivity index (χ1) is 11.4. The van der Waals surface area contributed by atoms with Crippen molar-refractivity contribution in [2.45, 2.75) is 39.2 Å². The molecule has 0 aromatic heterocycles. The second-order valence-electron chi connectivity index (χ2n) is 6.43. The summed E-state index contributed by atoms with van der Waals surface area (Å²) >= 11 is 0. The van der Waals surface area contributed by atoms with E-state index in [4.69, 9.17) is 4.74 Å². The SMILES string of the molecule is CCC(C)(C)c1cccc(OCc2cc(O)cc(C(=O)OC)c2)c1. The molecule has 0 bridgehead atoms. The number of rotatable bonds is 6. The summed E-state index contributed by atoms with van der Waals surface area (Å²) in [4.78, 5) is 11.6. The van der Waals surface area contributed by atoms with Crippen molar-refractivity contribution in [1.82, 2.24) is 0 Å². The van der Waals surface area contributed by atoms with Crippen LogP contribution in [0.2, 0.25) is 0 Å². The third-order valence-corrected chi connectivity index (χ3v) is 4.30. The summed E-state index contributed by atoms with van der Waals surface area (Å²) < 4.78 is 10.5. The second-order valence-corrected chi connectivity index (χ2v) is 6.43. The lowest BCUT2D eigenvalue weighted by Gasteiger charge is -2.23. The van der Waals surface area contributed by atoms with Gasteiger partial charge in [0, 0.05) is 0 Å². The van der Waals surface area contributed by atoms with Crippen molar-refractivity contribution >= 4 is 5.97 Å². The quantitative estimate of drug-likeness (QED) is 0.796. The minimum Gasteiger partial charge on any atom is -0.508 e. The molecule has 4 heteroatoms. The third kappa shape index (κ3) is 4.28.